The average molecular weight is 332 g/mol. The van der Waals surface area contributed by atoms with Crippen molar-refractivity contribution < 1.29 is 9.47 Å². The van der Waals surface area contributed by atoms with Crippen molar-refractivity contribution in [3.05, 3.63) is 71.3 Å². The lowest BCUT2D eigenvalue weighted by molar-refractivity contribution is 0.416. The molecule has 0 aliphatic carbocycles. The quantitative estimate of drug-likeness (QED) is 0.586. The largest absolute Gasteiger partial charge is 0.496 e. The molecule has 0 N–H and O–H groups in total. The molecule has 0 aliphatic heterocycles. The van der Waals surface area contributed by atoms with Crippen molar-refractivity contribution in [1.29, 1.82) is 0 Å². The summed E-state index contributed by atoms with van der Waals surface area (Å²) < 4.78 is 11.2. The monoisotopic (exact) mass is 332 g/mol. The Morgan fingerprint density at radius 2 is 0.960 bits per heavy atom. The van der Waals surface area contributed by atoms with Gasteiger partial charge < -0.3 is 9.47 Å². The fraction of sp³-hybridized carbons (Fsp3) is 0.217. The smallest absolute Gasteiger partial charge is 0.126 e. The summed E-state index contributed by atoms with van der Waals surface area (Å²) in [6, 6.07) is 19.1. The molecular weight excluding hydrogens is 308 g/mol. The first-order chi connectivity index (χ1) is 12.0. The van der Waals surface area contributed by atoms with E-state index in [9.17, 15) is 0 Å². The molecule has 2 nitrogen and oxygen atoms in total. The van der Waals surface area contributed by atoms with Gasteiger partial charge in [0.15, 0.2) is 0 Å². The molecule has 0 spiro atoms. The summed E-state index contributed by atoms with van der Waals surface area (Å²) in [5, 5.41) is 0. The number of ether oxygens (including phenoxy) is 2. The van der Waals surface area contributed by atoms with E-state index in [0.717, 1.165) is 33.8 Å². The Morgan fingerprint density at radius 3 is 1.36 bits per heavy atom. The van der Waals surface area contributed by atoms with Gasteiger partial charge in [-0.05, 0) is 67.8 Å². The van der Waals surface area contributed by atoms with Crippen LogP contribution in [0.4, 0.5) is 0 Å². The van der Waals surface area contributed by atoms with Crippen molar-refractivity contribution in [1.82, 2.24) is 0 Å². The zero-order valence-corrected chi connectivity index (χ0v) is 15.5. The third-order valence-corrected chi connectivity index (χ3v) is 4.41. The minimum absolute atomic E-state index is 0.887. The predicted octanol–water partition coefficient (Wildman–Crippen LogP) is 5.96. The highest BCUT2D eigenvalue weighted by atomic mass is 16.5. The van der Waals surface area contributed by atoms with E-state index in [2.05, 4.69) is 63.2 Å². The van der Waals surface area contributed by atoms with Crippen LogP contribution in [0.3, 0.4) is 0 Å². The highest BCUT2D eigenvalue weighted by Gasteiger charge is 2.12. The van der Waals surface area contributed by atoms with Crippen LogP contribution in [0.1, 0.15) is 16.7 Å². The lowest BCUT2D eigenvalue weighted by Crippen LogP contribution is -1.92. The normalized spacial score (nSPS) is 10.6. The van der Waals surface area contributed by atoms with Crippen LogP contribution in [0.25, 0.3) is 22.3 Å². The lowest BCUT2D eigenvalue weighted by Gasteiger charge is -2.14. The second-order valence-electron chi connectivity index (χ2n) is 6.50. The highest BCUT2D eigenvalue weighted by Crippen LogP contribution is 2.37. The van der Waals surface area contributed by atoms with Gasteiger partial charge in [0.1, 0.15) is 11.5 Å². The zero-order valence-electron chi connectivity index (χ0n) is 15.5. The topological polar surface area (TPSA) is 18.5 Å². The molecule has 0 aromatic heterocycles. The van der Waals surface area contributed by atoms with Gasteiger partial charge >= 0.3 is 0 Å². The van der Waals surface area contributed by atoms with Gasteiger partial charge in [0, 0.05) is 11.1 Å². The summed E-state index contributed by atoms with van der Waals surface area (Å²) in [6.45, 7) is 6.32. The summed E-state index contributed by atoms with van der Waals surface area (Å²) in [6.07, 6.45) is 0. The first-order valence-corrected chi connectivity index (χ1v) is 8.43. The van der Waals surface area contributed by atoms with Crippen LogP contribution in [0.15, 0.2) is 54.6 Å². The first kappa shape index (κ1) is 17.1. The second kappa shape index (κ2) is 7.02. The Labute approximate surface area is 150 Å². The molecule has 0 saturated heterocycles. The van der Waals surface area contributed by atoms with Crippen LogP contribution in [0.5, 0.6) is 11.5 Å². The number of aryl methyl sites for hydroxylation is 3. The van der Waals surface area contributed by atoms with Gasteiger partial charge in [-0.1, -0.05) is 35.4 Å². The molecule has 0 unspecified atom stereocenters. The summed E-state index contributed by atoms with van der Waals surface area (Å²) >= 11 is 0. The molecule has 0 aliphatic rings. The molecule has 0 atom stereocenters. The minimum atomic E-state index is 0.887. The maximum Gasteiger partial charge on any atom is 0.126 e. The molecular formula is C23H24O2. The van der Waals surface area contributed by atoms with Crippen LogP contribution >= 0.6 is 0 Å². The maximum atomic E-state index is 5.58. The van der Waals surface area contributed by atoms with Gasteiger partial charge in [0.2, 0.25) is 0 Å². The van der Waals surface area contributed by atoms with Crippen molar-refractivity contribution in [2.24, 2.45) is 0 Å². The van der Waals surface area contributed by atoms with E-state index in [1.807, 2.05) is 12.1 Å². The van der Waals surface area contributed by atoms with E-state index in [0.29, 0.717) is 0 Å². The van der Waals surface area contributed by atoms with E-state index in [1.54, 1.807) is 14.2 Å². The molecule has 25 heavy (non-hydrogen) atoms. The van der Waals surface area contributed by atoms with Gasteiger partial charge in [0.05, 0.1) is 14.2 Å². The molecule has 0 radical (unpaired) electrons. The van der Waals surface area contributed by atoms with Crippen LogP contribution in [0.2, 0.25) is 0 Å². The average Bonchev–Trinajstić information content (AvgIpc) is 2.61. The van der Waals surface area contributed by atoms with Crippen LogP contribution in [0, 0.1) is 20.8 Å². The van der Waals surface area contributed by atoms with Crippen LogP contribution in [-0.4, -0.2) is 14.2 Å². The number of hydrogen-bond donors (Lipinski definition) is 0. The van der Waals surface area contributed by atoms with Gasteiger partial charge in [-0.2, -0.15) is 0 Å². The highest BCUT2D eigenvalue weighted by molar-refractivity contribution is 5.80. The predicted molar refractivity (Wildman–Crippen MR) is 105 cm³/mol. The van der Waals surface area contributed by atoms with Gasteiger partial charge in [0.25, 0.3) is 0 Å². The molecule has 3 rings (SSSR count). The Morgan fingerprint density at radius 1 is 0.520 bits per heavy atom. The molecule has 0 amide bonds. The Bertz CT molecular complexity index is 838. The van der Waals surface area contributed by atoms with Crippen molar-refractivity contribution in [2.45, 2.75) is 20.8 Å². The van der Waals surface area contributed by atoms with Crippen molar-refractivity contribution in [3.63, 3.8) is 0 Å². The molecule has 2 heteroatoms. The van der Waals surface area contributed by atoms with Crippen molar-refractivity contribution >= 4 is 0 Å². The fourth-order valence-electron chi connectivity index (χ4n) is 3.19. The molecule has 3 aromatic rings. The Hall–Kier alpha value is -2.74. The summed E-state index contributed by atoms with van der Waals surface area (Å²) in [4.78, 5) is 0. The summed E-state index contributed by atoms with van der Waals surface area (Å²) in [5.74, 6) is 1.77. The molecule has 0 fully saturated rings. The number of rotatable bonds is 4. The van der Waals surface area contributed by atoms with E-state index < -0.39 is 0 Å². The van der Waals surface area contributed by atoms with Crippen LogP contribution < -0.4 is 9.47 Å². The van der Waals surface area contributed by atoms with Crippen LogP contribution in [-0.2, 0) is 0 Å². The van der Waals surface area contributed by atoms with Gasteiger partial charge in [-0.25, -0.2) is 0 Å². The van der Waals surface area contributed by atoms with E-state index >= 15 is 0 Å². The molecule has 128 valence electrons. The third-order valence-electron chi connectivity index (χ3n) is 4.41. The number of hydrogen-bond acceptors (Lipinski definition) is 2. The van der Waals surface area contributed by atoms with E-state index in [-0.39, 0.29) is 0 Å². The Balaban J connectivity index is 2.21. The second-order valence-corrected chi connectivity index (χ2v) is 6.50. The third kappa shape index (κ3) is 3.53. The molecule has 0 saturated carbocycles. The van der Waals surface area contributed by atoms with Gasteiger partial charge in [-0.15, -0.1) is 0 Å². The van der Waals surface area contributed by atoms with E-state index in [1.165, 1.54) is 16.7 Å². The first-order valence-electron chi connectivity index (χ1n) is 8.43. The summed E-state index contributed by atoms with van der Waals surface area (Å²) in [5.41, 5.74) is 8.16. The fourth-order valence-corrected chi connectivity index (χ4v) is 3.19. The molecule has 0 heterocycles. The van der Waals surface area contributed by atoms with E-state index in [4.69, 9.17) is 9.47 Å². The minimum Gasteiger partial charge on any atom is -0.496 e. The van der Waals surface area contributed by atoms with Gasteiger partial charge in [-0.3, -0.25) is 0 Å². The Kier molecular flexibility index (Phi) is 4.80. The zero-order chi connectivity index (χ0) is 18.0. The van der Waals surface area contributed by atoms with Crippen molar-refractivity contribution in [2.75, 3.05) is 14.2 Å². The molecule has 0 bridgehead atoms. The SMILES string of the molecule is COc1ccc(C)cc1-c1cc(C)cc(-c2cc(C)ccc2OC)c1. The standard InChI is InChI=1S/C23H24O2/c1-15-6-8-22(24-4)20(12-15)18-10-17(3)11-19(14-18)21-13-16(2)7-9-23(21)25-5/h6-14H,1-5H3. The lowest BCUT2D eigenvalue weighted by atomic mass is 9.94. The molecule has 3 aromatic carbocycles. The number of benzene rings is 3. The maximum absolute atomic E-state index is 5.58. The summed E-state index contributed by atoms with van der Waals surface area (Å²) in [7, 11) is 3.43. The number of methoxy groups -OCH3 is 2. The van der Waals surface area contributed by atoms with Crippen molar-refractivity contribution in [3.8, 4) is 33.8 Å².